The SMILES string of the molecule is CCOCC(=O)N1CCC(Oc2ncccc2Br)C1. The third kappa shape index (κ3) is 3.91. The molecule has 1 atom stereocenters. The van der Waals surface area contributed by atoms with Crippen LogP contribution in [0.4, 0.5) is 0 Å². The van der Waals surface area contributed by atoms with Crippen LogP contribution in [0.3, 0.4) is 0 Å². The lowest BCUT2D eigenvalue weighted by molar-refractivity contribution is -0.135. The van der Waals surface area contributed by atoms with E-state index in [0.717, 1.165) is 10.9 Å². The zero-order chi connectivity index (χ0) is 13.7. The van der Waals surface area contributed by atoms with Gasteiger partial charge in [-0.1, -0.05) is 0 Å². The van der Waals surface area contributed by atoms with Gasteiger partial charge in [-0.2, -0.15) is 0 Å². The minimum absolute atomic E-state index is 0.00298. The van der Waals surface area contributed by atoms with Crippen LogP contribution < -0.4 is 4.74 Å². The van der Waals surface area contributed by atoms with Gasteiger partial charge in [-0.25, -0.2) is 4.98 Å². The van der Waals surface area contributed by atoms with Crippen LogP contribution in [0, 0.1) is 0 Å². The normalized spacial score (nSPS) is 18.6. The molecule has 104 valence electrons. The molecule has 1 aromatic rings. The van der Waals surface area contributed by atoms with E-state index < -0.39 is 0 Å². The average molecular weight is 329 g/mol. The minimum atomic E-state index is -0.00298. The first-order chi connectivity index (χ1) is 9.20. The van der Waals surface area contributed by atoms with Gasteiger partial charge < -0.3 is 14.4 Å². The van der Waals surface area contributed by atoms with E-state index in [4.69, 9.17) is 9.47 Å². The van der Waals surface area contributed by atoms with E-state index in [1.54, 1.807) is 11.1 Å². The number of aromatic nitrogens is 1. The summed E-state index contributed by atoms with van der Waals surface area (Å²) in [6.07, 6.45) is 2.50. The molecule has 0 spiro atoms. The molecule has 1 aromatic heterocycles. The Morgan fingerprint density at radius 1 is 1.63 bits per heavy atom. The quantitative estimate of drug-likeness (QED) is 0.827. The summed E-state index contributed by atoms with van der Waals surface area (Å²) in [7, 11) is 0. The Kier molecular flexibility index (Phi) is 5.15. The van der Waals surface area contributed by atoms with Gasteiger partial charge in [-0.3, -0.25) is 4.79 Å². The van der Waals surface area contributed by atoms with Crippen LogP contribution in [0.25, 0.3) is 0 Å². The Morgan fingerprint density at radius 2 is 2.47 bits per heavy atom. The number of carbonyl (C=O) groups excluding carboxylic acids is 1. The number of likely N-dealkylation sites (tertiary alicyclic amines) is 1. The van der Waals surface area contributed by atoms with E-state index in [1.807, 2.05) is 19.1 Å². The summed E-state index contributed by atoms with van der Waals surface area (Å²) in [6, 6.07) is 3.72. The fourth-order valence-electron chi connectivity index (χ4n) is 1.95. The maximum atomic E-state index is 11.8. The molecule has 1 aliphatic rings. The highest BCUT2D eigenvalue weighted by molar-refractivity contribution is 9.10. The molecule has 2 rings (SSSR count). The van der Waals surface area contributed by atoms with Gasteiger partial charge in [0.05, 0.1) is 11.0 Å². The molecule has 0 aromatic carbocycles. The predicted octanol–water partition coefficient (Wildman–Crippen LogP) is 1.86. The maximum absolute atomic E-state index is 11.8. The van der Waals surface area contributed by atoms with Gasteiger partial charge in [0.15, 0.2) is 0 Å². The Balaban J connectivity index is 1.85. The summed E-state index contributed by atoms with van der Waals surface area (Å²) in [6.45, 7) is 3.88. The van der Waals surface area contributed by atoms with Crippen molar-refractivity contribution in [3.63, 3.8) is 0 Å². The first-order valence-electron chi connectivity index (χ1n) is 6.33. The van der Waals surface area contributed by atoms with Crippen molar-refractivity contribution in [2.45, 2.75) is 19.4 Å². The number of amides is 1. The van der Waals surface area contributed by atoms with Crippen molar-refractivity contribution in [1.82, 2.24) is 9.88 Å². The van der Waals surface area contributed by atoms with E-state index in [9.17, 15) is 4.79 Å². The van der Waals surface area contributed by atoms with E-state index >= 15 is 0 Å². The van der Waals surface area contributed by atoms with Gasteiger partial charge in [0.2, 0.25) is 11.8 Å². The molecule has 2 heterocycles. The molecule has 1 unspecified atom stereocenters. The van der Waals surface area contributed by atoms with Crippen molar-refractivity contribution in [2.75, 3.05) is 26.3 Å². The van der Waals surface area contributed by atoms with Crippen molar-refractivity contribution >= 4 is 21.8 Å². The van der Waals surface area contributed by atoms with E-state index in [-0.39, 0.29) is 18.6 Å². The number of ether oxygens (including phenoxy) is 2. The van der Waals surface area contributed by atoms with Crippen LogP contribution in [0.2, 0.25) is 0 Å². The highest BCUT2D eigenvalue weighted by Gasteiger charge is 2.28. The lowest BCUT2D eigenvalue weighted by Gasteiger charge is -2.17. The second-order valence-corrected chi connectivity index (χ2v) is 5.15. The third-order valence-corrected chi connectivity index (χ3v) is 3.53. The molecule has 1 fully saturated rings. The van der Waals surface area contributed by atoms with Crippen molar-refractivity contribution in [3.8, 4) is 5.88 Å². The van der Waals surface area contributed by atoms with Crippen LogP contribution >= 0.6 is 15.9 Å². The smallest absolute Gasteiger partial charge is 0.248 e. The molecule has 0 aliphatic carbocycles. The summed E-state index contributed by atoms with van der Waals surface area (Å²) in [5.74, 6) is 0.597. The zero-order valence-electron chi connectivity index (χ0n) is 10.8. The molecule has 1 aliphatic heterocycles. The van der Waals surface area contributed by atoms with Crippen LogP contribution in [0.15, 0.2) is 22.8 Å². The summed E-state index contributed by atoms with van der Waals surface area (Å²) < 4.78 is 11.8. The highest BCUT2D eigenvalue weighted by Crippen LogP contribution is 2.24. The topological polar surface area (TPSA) is 51.7 Å². The number of hydrogen-bond donors (Lipinski definition) is 0. The van der Waals surface area contributed by atoms with Crippen molar-refractivity contribution in [2.24, 2.45) is 0 Å². The van der Waals surface area contributed by atoms with Gasteiger partial charge in [-0.15, -0.1) is 0 Å². The van der Waals surface area contributed by atoms with E-state index in [0.29, 0.717) is 25.6 Å². The zero-order valence-corrected chi connectivity index (χ0v) is 12.4. The number of hydrogen-bond acceptors (Lipinski definition) is 4. The molecule has 6 heteroatoms. The first kappa shape index (κ1) is 14.3. The molecule has 0 N–H and O–H groups in total. The second kappa shape index (κ2) is 6.86. The third-order valence-electron chi connectivity index (χ3n) is 2.93. The molecule has 1 saturated heterocycles. The lowest BCUT2D eigenvalue weighted by atomic mass is 10.3. The average Bonchev–Trinajstić information content (AvgIpc) is 2.87. The van der Waals surface area contributed by atoms with E-state index in [2.05, 4.69) is 20.9 Å². The minimum Gasteiger partial charge on any atom is -0.472 e. The van der Waals surface area contributed by atoms with Gasteiger partial charge in [-0.05, 0) is 35.0 Å². The van der Waals surface area contributed by atoms with Gasteiger partial charge in [0.25, 0.3) is 0 Å². The monoisotopic (exact) mass is 328 g/mol. The van der Waals surface area contributed by atoms with Crippen LogP contribution in [0.1, 0.15) is 13.3 Å². The molecule has 0 radical (unpaired) electrons. The van der Waals surface area contributed by atoms with Crippen LogP contribution in [-0.2, 0) is 9.53 Å². The number of halogens is 1. The number of nitrogens with zero attached hydrogens (tertiary/aromatic N) is 2. The van der Waals surface area contributed by atoms with Gasteiger partial charge in [0.1, 0.15) is 12.7 Å². The predicted molar refractivity (Wildman–Crippen MR) is 74.0 cm³/mol. The van der Waals surface area contributed by atoms with Crippen LogP contribution in [-0.4, -0.2) is 48.2 Å². The molecular weight excluding hydrogens is 312 g/mol. The Bertz CT molecular complexity index is 442. The molecule has 0 bridgehead atoms. The standard InChI is InChI=1S/C13H17BrN2O3/c1-2-18-9-12(17)16-7-5-10(8-16)19-13-11(14)4-3-6-15-13/h3-4,6,10H,2,5,7-9H2,1H3. The molecule has 5 nitrogen and oxygen atoms in total. The number of carbonyl (C=O) groups is 1. The van der Waals surface area contributed by atoms with Crippen molar-refractivity contribution in [1.29, 1.82) is 0 Å². The summed E-state index contributed by atoms with van der Waals surface area (Å²) in [5, 5.41) is 0. The Labute approximate surface area is 121 Å². The highest BCUT2D eigenvalue weighted by atomic mass is 79.9. The Hall–Kier alpha value is -1.14. The largest absolute Gasteiger partial charge is 0.472 e. The summed E-state index contributed by atoms with van der Waals surface area (Å²) >= 11 is 3.39. The fourth-order valence-corrected chi connectivity index (χ4v) is 2.30. The summed E-state index contributed by atoms with van der Waals surface area (Å²) in [5.41, 5.74) is 0. The Morgan fingerprint density at radius 3 is 3.21 bits per heavy atom. The number of pyridine rings is 1. The lowest BCUT2D eigenvalue weighted by Crippen LogP contribution is -2.33. The first-order valence-corrected chi connectivity index (χ1v) is 7.12. The fraction of sp³-hybridized carbons (Fsp3) is 0.538. The molecular formula is C13H17BrN2O3. The second-order valence-electron chi connectivity index (χ2n) is 4.30. The van der Waals surface area contributed by atoms with Crippen LogP contribution in [0.5, 0.6) is 5.88 Å². The molecule has 19 heavy (non-hydrogen) atoms. The number of rotatable bonds is 5. The molecule has 1 amide bonds. The maximum Gasteiger partial charge on any atom is 0.248 e. The van der Waals surface area contributed by atoms with Gasteiger partial charge >= 0.3 is 0 Å². The molecule has 0 saturated carbocycles. The summed E-state index contributed by atoms with van der Waals surface area (Å²) in [4.78, 5) is 17.7. The van der Waals surface area contributed by atoms with E-state index in [1.165, 1.54) is 0 Å². The van der Waals surface area contributed by atoms with Crippen molar-refractivity contribution < 1.29 is 14.3 Å². The van der Waals surface area contributed by atoms with Gasteiger partial charge in [0, 0.05) is 25.8 Å². The van der Waals surface area contributed by atoms with Crippen molar-refractivity contribution in [3.05, 3.63) is 22.8 Å².